The fraction of sp³-hybridized carbons (Fsp3) is 0.450. The Bertz CT molecular complexity index is 1700. The molecule has 0 spiro atoms. The van der Waals surface area contributed by atoms with Crippen LogP contribution in [0.2, 0.25) is 0 Å². The number of hydrogen-bond donors (Lipinski definition) is 2. The second kappa shape index (κ2) is 20.8. The normalized spacial score (nSPS) is 27.4. The van der Waals surface area contributed by atoms with Crippen LogP contribution < -0.4 is 5.73 Å². The van der Waals surface area contributed by atoms with Gasteiger partial charge in [0.05, 0.1) is 26.4 Å². The Morgan fingerprint density at radius 3 is 1.59 bits per heavy atom. The molecule has 0 aromatic heterocycles. The minimum absolute atomic E-state index is 0.0254. The van der Waals surface area contributed by atoms with Gasteiger partial charge in [-0.25, -0.2) is 4.79 Å². The van der Waals surface area contributed by atoms with Crippen LogP contribution >= 0.6 is 0 Å². The Morgan fingerprint density at radius 1 is 0.571 bits per heavy atom. The van der Waals surface area contributed by atoms with Crippen LogP contribution in [-0.2, 0) is 81.6 Å². The van der Waals surface area contributed by atoms with Crippen molar-refractivity contribution in [3.05, 3.63) is 108 Å². The minimum Gasteiger partial charge on any atom is -0.463 e. The van der Waals surface area contributed by atoms with Gasteiger partial charge in [-0.2, -0.15) is 0 Å². The van der Waals surface area contributed by atoms with Crippen LogP contribution in [0, 0.1) is 0 Å². The van der Waals surface area contributed by atoms with Crippen LogP contribution in [0.15, 0.2) is 91.0 Å². The van der Waals surface area contributed by atoms with E-state index >= 15 is 0 Å². The molecule has 16 nitrogen and oxygen atoms in total. The Balaban J connectivity index is 1.51. The predicted octanol–water partition coefficient (Wildman–Crippen LogP) is 3.09. The molecule has 2 heterocycles. The Kier molecular flexibility index (Phi) is 15.7. The fourth-order valence-electron chi connectivity index (χ4n) is 6.36. The zero-order valence-electron chi connectivity index (χ0n) is 31.2. The maximum atomic E-state index is 12.5. The number of carbonyl (C=O) groups is 4. The van der Waals surface area contributed by atoms with Crippen molar-refractivity contribution in [1.29, 1.82) is 0 Å². The molecule has 5 rings (SSSR count). The van der Waals surface area contributed by atoms with Crippen molar-refractivity contribution in [1.82, 2.24) is 0 Å². The molecule has 2 unspecified atom stereocenters. The van der Waals surface area contributed by atoms with E-state index in [-0.39, 0.29) is 26.4 Å². The molecule has 2 aliphatic heterocycles. The summed E-state index contributed by atoms with van der Waals surface area (Å²) in [4.78, 5) is 48.8. The molecule has 2 aliphatic rings. The molecular formula is C40H47NO15. The fourth-order valence-corrected chi connectivity index (χ4v) is 6.36. The summed E-state index contributed by atoms with van der Waals surface area (Å²) in [6.45, 7) is 3.18. The number of nitrogens with two attached hydrogens (primary N) is 1. The highest BCUT2D eigenvalue weighted by molar-refractivity contribution is 5.68. The maximum Gasteiger partial charge on any atom is 0.405 e. The number of amides is 1. The SMILES string of the molecule is CC(=O)OC[C@H]1O[C@H](O[C@@H]2C(O)O[C@@H](COCc3ccccc3)[C@H](OCc3ccccc3)[C@@H]2OCc2ccccc2)C(OC(C)=O)[C@@H](OC(N)=O)[C@@H]1OC(C)=O. The molecule has 2 saturated heterocycles. The number of carbonyl (C=O) groups excluding carboxylic acids is 4. The molecule has 3 aromatic carbocycles. The van der Waals surface area contributed by atoms with Gasteiger partial charge in [-0.15, -0.1) is 0 Å². The van der Waals surface area contributed by atoms with Crippen molar-refractivity contribution in [2.75, 3.05) is 13.2 Å². The maximum absolute atomic E-state index is 12.5. The van der Waals surface area contributed by atoms with Gasteiger partial charge in [0.25, 0.3) is 0 Å². The molecule has 56 heavy (non-hydrogen) atoms. The summed E-state index contributed by atoms with van der Waals surface area (Å²) in [5, 5.41) is 11.7. The molecule has 16 heteroatoms. The quantitative estimate of drug-likeness (QED) is 0.149. The third-order valence-electron chi connectivity index (χ3n) is 8.76. The van der Waals surface area contributed by atoms with Crippen molar-refractivity contribution in [2.24, 2.45) is 5.73 Å². The zero-order chi connectivity index (χ0) is 40.0. The Morgan fingerprint density at radius 2 is 1.07 bits per heavy atom. The number of hydrogen-bond acceptors (Lipinski definition) is 15. The molecule has 2 fully saturated rings. The summed E-state index contributed by atoms with van der Waals surface area (Å²) >= 11 is 0. The first kappa shape index (κ1) is 42.2. The molecule has 302 valence electrons. The Labute approximate surface area is 323 Å². The van der Waals surface area contributed by atoms with Crippen molar-refractivity contribution in [3.8, 4) is 0 Å². The average molecular weight is 782 g/mol. The molecule has 1 amide bonds. The predicted molar refractivity (Wildman–Crippen MR) is 193 cm³/mol. The van der Waals surface area contributed by atoms with E-state index in [1.54, 1.807) is 0 Å². The summed E-state index contributed by atoms with van der Waals surface area (Å²) in [5.74, 6) is -2.39. The highest BCUT2D eigenvalue weighted by Crippen LogP contribution is 2.35. The first-order valence-electron chi connectivity index (χ1n) is 18.0. The number of benzene rings is 3. The second-order valence-electron chi connectivity index (χ2n) is 13.1. The highest BCUT2D eigenvalue weighted by atomic mass is 16.8. The molecule has 10 atom stereocenters. The smallest absolute Gasteiger partial charge is 0.405 e. The lowest BCUT2D eigenvalue weighted by Gasteiger charge is -2.48. The van der Waals surface area contributed by atoms with E-state index in [2.05, 4.69) is 0 Å². The number of aliphatic hydroxyl groups excluding tert-OH is 1. The first-order chi connectivity index (χ1) is 27.0. The summed E-state index contributed by atoms with van der Waals surface area (Å²) in [5.41, 5.74) is 7.96. The second-order valence-corrected chi connectivity index (χ2v) is 13.1. The lowest BCUT2D eigenvalue weighted by molar-refractivity contribution is -0.369. The lowest BCUT2D eigenvalue weighted by Crippen LogP contribution is -2.66. The highest BCUT2D eigenvalue weighted by Gasteiger charge is 2.56. The molecule has 3 N–H and O–H groups in total. The standard InChI is InChI=1S/C40H47NO15/c1-24(42)48-23-31-33(51-25(2)43)35(56-40(41)46)37(52-26(3)44)39(54-31)55-36-34(50-21-29-17-11-6-12-18-29)32(49-20-28-15-9-5-10-16-28)30(53-38(36)45)22-47-19-27-13-7-4-8-14-27/h4-18,30-39,45H,19-23H2,1-3H3,(H2,41,46)/t30-,31+,32-,33+,34-,35-,36-,37?,38?,39+/m0/s1. The van der Waals surface area contributed by atoms with Gasteiger partial charge in [0.2, 0.25) is 0 Å². The summed E-state index contributed by atoms with van der Waals surface area (Å²) in [6.07, 6.45) is -15.3. The molecule has 0 radical (unpaired) electrons. The van der Waals surface area contributed by atoms with Gasteiger partial charge in [-0.3, -0.25) is 14.4 Å². The van der Waals surface area contributed by atoms with Crippen LogP contribution in [0.25, 0.3) is 0 Å². The van der Waals surface area contributed by atoms with E-state index in [1.807, 2.05) is 91.0 Å². The van der Waals surface area contributed by atoms with E-state index in [4.69, 9.17) is 53.1 Å². The van der Waals surface area contributed by atoms with Gasteiger partial charge in [-0.1, -0.05) is 91.0 Å². The first-order valence-corrected chi connectivity index (χ1v) is 18.0. The number of primary amides is 1. The Hall–Kier alpha value is -4.94. The number of rotatable bonds is 17. The van der Waals surface area contributed by atoms with Gasteiger partial charge in [0.1, 0.15) is 37.1 Å². The lowest BCUT2D eigenvalue weighted by atomic mass is 9.96. The largest absolute Gasteiger partial charge is 0.463 e. The molecular weight excluding hydrogens is 734 g/mol. The van der Waals surface area contributed by atoms with Crippen molar-refractivity contribution >= 4 is 24.0 Å². The van der Waals surface area contributed by atoms with Crippen molar-refractivity contribution < 1.29 is 71.7 Å². The number of ether oxygens (including phenoxy) is 10. The molecule has 3 aromatic rings. The van der Waals surface area contributed by atoms with E-state index in [9.17, 15) is 24.3 Å². The van der Waals surface area contributed by atoms with Crippen LogP contribution in [0.1, 0.15) is 37.5 Å². The van der Waals surface area contributed by atoms with Crippen molar-refractivity contribution in [3.63, 3.8) is 0 Å². The average Bonchev–Trinajstić information content (AvgIpc) is 3.16. The third kappa shape index (κ3) is 12.3. The summed E-state index contributed by atoms with van der Waals surface area (Å²) in [6, 6.07) is 28.1. The third-order valence-corrected chi connectivity index (χ3v) is 8.76. The monoisotopic (exact) mass is 781 g/mol. The number of aliphatic hydroxyl groups is 1. The van der Waals surface area contributed by atoms with Gasteiger partial charge in [-0.05, 0) is 16.7 Å². The summed E-state index contributed by atoms with van der Waals surface area (Å²) < 4.78 is 59.4. The van der Waals surface area contributed by atoms with Gasteiger partial charge in [0, 0.05) is 20.8 Å². The van der Waals surface area contributed by atoms with Crippen LogP contribution in [0.4, 0.5) is 4.79 Å². The van der Waals surface area contributed by atoms with Crippen LogP contribution in [-0.4, -0.2) is 104 Å². The van der Waals surface area contributed by atoms with E-state index < -0.39 is 92.0 Å². The van der Waals surface area contributed by atoms with Gasteiger partial charge in [0.15, 0.2) is 30.9 Å². The summed E-state index contributed by atoms with van der Waals surface area (Å²) in [7, 11) is 0. The van der Waals surface area contributed by atoms with E-state index in [0.29, 0.717) is 0 Å². The van der Waals surface area contributed by atoms with Gasteiger partial charge >= 0.3 is 24.0 Å². The van der Waals surface area contributed by atoms with Crippen molar-refractivity contribution in [2.45, 2.75) is 102 Å². The molecule has 0 saturated carbocycles. The van der Waals surface area contributed by atoms with Crippen LogP contribution in [0.3, 0.4) is 0 Å². The topological polar surface area (TPSA) is 207 Å². The number of esters is 3. The van der Waals surface area contributed by atoms with E-state index in [1.165, 1.54) is 0 Å². The van der Waals surface area contributed by atoms with Crippen LogP contribution in [0.5, 0.6) is 0 Å². The molecule has 0 aliphatic carbocycles. The van der Waals surface area contributed by atoms with Gasteiger partial charge < -0.3 is 58.2 Å². The zero-order valence-corrected chi connectivity index (χ0v) is 31.2. The minimum atomic E-state index is -1.73. The molecule has 0 bridgehead atoms. The van der Waals surface area contributed by atoms with E-state index in [0.717, 1.165) is 37.5 Å².